The zero-order chi connectivity index (χ0) is 9.84. The first-order valence-corrected chi connectivity index (χ1v) is 4.31. The van der Waals surface area contributed by atoms with Gasteiger partial charge >= 0.3 is 0 Å². The number of hydrogen-bond donors (Lipinski definition) is 1. The van der Waals surface area contributed by atoms with Crippen molar-refractivity contribution in [3.63, 3.8) is 0 Å². The Labute approximate surface area is 79.2 Å². The lowest BCUT2D eigenvalue weighted by Gasteiger charge is -2.11. The van der Waals surface area contributed by atoms with Gasteiger partial charge in [-0.15, -0.1) is 0 Å². The van der Waals surface area contributed by atoms with Crippen LogP contribution in [0.15, 0.2) is 18.2 Å². The van der Waals surface area contributed by atoms with Gasteiger partial charge in [-0.25, -0.2) is 0 Å². The molecular weight excluding hydrogens is 164 g/mol. The van der Waals surface area contributed by atoms with Gasteiger partial charge in [-0.05, 0) is 38.0 Å². The van der Waals surface area contributed by atoms with Crippen LogP contribution >= 0.6 is 0 Å². The first-order valence-electron chi connectivity index (χ1n) is 4.31. The van der Waals surface area contributed by atoms with Gasteiger partial charge in [-0.1, -0.05) is 12.1 Å². The monoisotopic (exact) mass is 179 g/mol. The molecule has 1 atom stereocenters. The first kappa shape index (κ1) is 10.1. The summed E-state index contributed by atoms with van der Waals surface area (Å²) >= 11 is 0. The maximum absolute atomic E-state index is 8.94. The molecule has 13 heavy (non-hydrogen) atoms. The molecule has 0 saturated carbocycles. The van der Waals surface area contributed by atoms with Gasteiger partial charge in [0.1, 0.15) is 12.4 Å². The molecule has 1 unspecified atom stereocenters. The summed E-state index contributed by atoms with van der Waals surface area (Å²) in [5.74, 6) is 0.822. The van der Waals surface area contributed by atoms with Gasteiger partial charge in [0.15, 0.2) is 0 Å². The van der Waals surface area contributed by atoms with Gasteiger partial charge in [0.05, 0.1) is 6.10 Å². The van der Waals surface area contributed by atoms with Crippen LogP contribution in [0.3, 0.4) is 0 Å². The lowest BCUT2D eigenvalue weighted by atomic mass is 10.1. The molecule has 71 valence electrons. The van der Waals surface area contributed by atoms with Crippen molar-refractivity contribution in [1.82, 2.24) is 0 Å². The Morgan fingerprint density at radius 1 is 1.46 bits per heavy atom. The van der Waals surface area contributed by atoms with Crippen LogP contribution in [-0.2, 0) is 0 Å². The van der Waals surface area contributed by atoms with Crippen LogP contribution in [0.5, 0.6) is 5.75 Å². The highest BCUT2D eigenvalue weighted by Gasteiger charge is 2.02. The van der Waals surface area contributed by atoms with E-state index in [2.05, 4.69) is 6.92 Å². The summed E-state index contributed by atoms with van der Waals surface area (Å²) in [6.45, 7) is 7.71. The Hall–Kier alpha value is -1.02. The van der Waals surface area contributed by atoms with Crippen LogP contribution in [0, 0.1) is 20.8 Å². The summed E-state index contributed by atoms with van der Waals surface area (Å²) < 4.78 is 5.37. The van der Waals surface area contributed by atoms with Crippen LogP contribution in [0.2, 0.25) is 0 Å². The third-order valence-corrected chi connectivity index (χ3v) is 1.99. The standard InChI is InChI=1S/C11H15O2/c1-8-5-4-6-11(10(8)3)13-7-9(2)12/h4-6,9,12H,2,7H2,1,3H3. The van der Waals surface area contributed by atoms with E-state index in [-0.39, 0.29) is 6.61 Å². The van der Waals surface area contributed by atoms with E-state index < -0.39 is 6.10 Å². The Bertz CT molecular complexity index is 279. The number of aliphatic hydroxyl groups excluding tert-OH is 1. The van der Waals surface area contributed by atoms with E-state index in [4.69, 9.17) is 9.84 Å². The topological polar surface area (TPSA) is 29.5 Å². The van der Waals surface area contributed by atoms with Gasteiger partial charge in [-0.3, -0.25) is 0 Å². The summed E-state index contributed by atoms with van der Waals surface area (Å²) in [7, 11) is 0. The van der Waals surface area contributed by atoms with Gasteiger partial charge in [0, 0.05) is 0 Å². The quantitative estimate of drug-likeness (QED) is 0.767. The molecule has 0 aliphatic rings. The highest BCUT2D eigenvalue weighted by atomic mass is 16.5. The molecule has 0 aliphatic carbocycles. The van der Waals surface area contributed by atoms with Gasteiger partial charge in [-0.2, -0.15) is 0 Å². The van der Waals surface area contributed by atoms with Crippen molar-refractivity contribution in [2.24, 2.45) is 0 Å². The Morgan fingerprint density at radius 2 is 2.15 bits per heavy atom. The second-order valence-electron chi connectivity index (χ2n) is 3.16. The summed E-state index contributed by atoms with van der Waals surface area (Å²) in [4.78, 5) is 0. The Morgan fingerprint density at radius 3 is 2.77 bits per heavy atom. The fourth-order valence-corrected chi connectivity index (χ4v) is 1.07. The average molecular weight is 179 g/mol. The predicted molar refractivity (Wildman–Crippen MR) is 52.8 cm³/mol. The second kappa shape index (κ2) is 4.28. The minimum Gasteiger partial charge on any atom is -0.491 e. The Balaban J connectivity index is 2.71. The molecule has 1 N–H and O–H groups in total. The average Bonchev–Trinajstić information content (AvgIpc) is 2.07. The van der Waals surface area contributed by atoms with Crippen molar-refractivity contribution >= 4 is 0 Å². The van der Waals surface area contributed by atoms with Gasteiger partial charge in [0.25, 0.3) is 0 Å². The highest BCUT2D eigenvalue weighted by Crippen LogP contribution is 2.20. The maximum atomic E-state index is 8.94. The maximum Gasteiger partial charge on any atom is 0.122 e. The van der Waals surface area contributed by atoms with Crippen LogP contribution in [0.25, 0.3) is 0 Å². The predicted octanol–water partition coefficient (Wildman–Crippen LogP) is 1.88. The molecule has 0 fully saturated rings. The fourth-order valence-electron chi connectivity index (χ4n) is 1.07. The minimum atomic E-state index is -0.667. The number of rotatable bonds is 3. The number of aliphatic hydroxyl groups is 1. The van der Waals surface area contributed by atoms with E-state index in [9.17, 15) is 0 Å². The molecule has 0 amide bonds. The lowest BCUT2D eigenvalue weighted by Crippen LogP contribution is -2.13. The zero-order valence-electron chi connectivity index (χ0n) is 8.08. The van der Waals surface area contributed by atoms with E-state index in [1.165, 1.54) is 5.56 Å². The van der Waals surface area contributed by atoms with Crippen LogP contribution in [0.1, 0.15) is 11.1 Å². The lowest BCUT2D eigenvalue weighted by molar-refractivity contribution is 0.142. The van der Waals surface area contributed by atoms with Crippen molar-refractivity contribution in [3.8, 4) is 5.75 Å². The number of aryl methyl sites for hydroxylation is 1. The number of hydrogen-bond acceptors (Lipinski definition) is 2. The molecular formula is C11H15O2. The smallest absolute Gasteiger partial charge is 0.122 e. The molecule has 0 saturated heterocycles. The minimum absolute atomic E-state index is 0.240. The van der Waals surface area contributed by atoms with Crippen molar-refractivity contribution in [1.29, 1.82) is 0 Å². The number of benzene rings is 1. The Kier molecular flexibility index (Phi) is 3.32. The summed E-state index contributed by atoms with van der Waals surface area (Å²) in [6.07, 6.45) is -0.667. The van der Waals surface area contributed by atoms with Crippen LogP contribution in [0.4, 0.5) is 0 Å². The third-order valence-electron chi connectivity index (χ3n) is 1.99. The SMILES string of the molecule is [CH2]C(O)COc1cccc(C)c1C. The molecule has 1 aromatic rings. The molecule has 0 heterocycles. The first-order chi connectivity index (χ1) is 6.11. The molecule has 0 aliphatic heterocycles. The molecule has 2 heteroatoms. The number of ether oxygens (including phenoxy) is 1. The van der Waals surface area contributed by atoms with E-state index in [1.54, 1.807) is 0 Å². The van der Waals surface area contributed by atoms with Crippen molar-refractivity contribution in [2.75, 3.05) is 6.61 Å². The molecule has 1 rings (SSSR count). The fraction of sp³-hybridized carbons (Fsp3) is 0.364. The molecule has 0 spiro atoms. The van der Waals surface area contributed by atoms with Gasteiger partial charge < -0.3 is 9.84 Å². The van der Waals surface area contributed by atoms with E-state index in [0.717, 1.165) is 11.3 Å². The van der Waals surface area contributed by atoms with Crippen molar-refractivity contribution in [3.05, 3.63) is 36.2 Å². The zero-order valence-corrected chi connectivity index (χ0v) is 8.08. The van der Waals surface area contributed by atoms with Crippen LogP contribution in [-0.4, -0.2) is 17.8 Å². The normalized spacial score (nSPS) is 12.6. The van der Waals surface area contributed by atoms with E-state index in [1.807, 2.05) is 32.0 Å². The highest BCUT2D eigenvalue weighted by molar-refractivity contribution is 5.38. The van der Waals surface area contributed by atoms with Crippen LogP contribution < -0.4 is 4.74 Å². The molecule has 1 aromatic carbocycles. The molecule has 0 bridgehead atoms. The largest absolute Gasteiger partial charge is 0.491 e. The summed E-state index contributed by atoms with van der Waals surface area (Å²) in [5.41, 5.74) is 2.30. The van der Waals surface area contributed by atoms with Crippen molar-refractivity contribution < 1.29 is 9.84 Å². The van der Waals surface area contributed by atoms with E-state index >= 15 is 0 Å². The second-order valence-corrected chi connectivity index (χ2v) is 3.16. The van der Waals surface area contributed by atoms with E-state index in [0.29, 0.717) is 0 Å². The van der Waals surface area contributed by atoms with Crippen molar-refractivity contribution in [2.45, 2.75) is 20.0 Å². The molecule has 2 nitrogen and oxygen atoms in total. The summed E-state index contributed by atoms with van der Waals surface area (Å²) in [5, 5.41) is 8.94. The summed E-state index contributed by atoms with van der Waals surface area (Å²) in [6, 6.07) is 5.86. The van der Waals surface area contributed by atoms with Gasteiger partial charge in [0.2, 0.25) is 0 Å². The molecule has 0 aromatic heterocycles. The molecule has 1 radical (unpaired) electrons. The third kappa shape index (κ3) is 2.74.